The van der Waals surface area contributed by atoms with Gasteiger partial charge in [0.2, 0.25) is 0 Å². The average Bonchev–Trinajstić information content (AvgIpc) is 3.05. The van der Waals surface area contributed by atoms with Gasteiger partial charge < -0.3 is 10.6 Å². The standard InChI is InChI=1S/C14H21N3S2/c1-3-5-12-13(10-15)19-14(16-12)17(2)8-7-11-6-4-9-18-11/h4,6,9H,3,5,7-8,10,15H2,1-2H3. The van der Waals surface area contributed by atoms with Crippen LogP contribution in [0.4, 0.5) is 5.13 Å². The molecule has 0 aromatic carbocycles. The number of anilines is 1. The smallest absolute Gasteiger partial charge is 0.185 e. The zero-order valence-corrected chi connectivity index (χ0v) is 13.2. The molecule has 0 unspecified atom stereocenters. The number of hydrogen-bond donors (Lipinski definition) is 1. The first-order valence-corrected chi connectivity index (χ1v) is 8.36. The predicted molar refractivity (Wildman–Crippen MR) is 85.3 cm³/mol. The van der Waals surface area contributed by atoms with Crippen LogP contribution in [0.1, 0.15) is 28.8 Å². The summed E-state index contributed by atoms with van der Waals surface area (Å²) in [6, 6.07) is 4.30. The molecule has 5 heteroatoms. The van der Waals surface area contributed by atoms with Crippen molar-refractivity contribution in [1.82, 2.24) is 4.98 Å². The van der Waals surface area contributed by atoms with E-state index in [2.05, 4.69) is 36.4 Å². The van der Waals surface area contributed by atoms with Crippen molar-refractivity contribution in [2.24, 2.45) is 5.73 Å². The van der Waals surface area contributed by atoms with E-state index in [9.17, 15) is 0 Å². The van der Waals surface area contributed by atoms with Crippen LogP contribution in [0.15, 0.2) is 17.5 Å². The maximum absolute atomic E-state index is 5.80. The molecule has 2 heterocycles. The van der Waals surface area contributed by atoms with Crippen molar-refractivity contribution in [1.29, 1.82) is 0 Å². The molecule has 2 rings (SSSR count). The molecule has 0 bridgehead atoms. The zero-order chi connectivity index (χ0) is 13.7. The van der Waals surface area contributed by atoms with Gasteiger partial charge >= 0.3 is 0 Å². The fourth-order valence-electron chi connectivity index (χ4n) is 1.95. The van der Waals surface area contributed by atoms with Gasteiger partial charge in [0, 0.05) is 29.9 Å². The molecule has 0 atom stereocenters. The van der Waals surface area contributed by atoms with Crippen molar-refractivity contribution < 1.29 is 0 Å². The van der Waals surface area contributed by atoms with Gasteiger partial charge in [-0.2, -0.15) is 0 Å². The lowest BCUT2D eigenvalue weighted by Gasteiger charge is -2.14. The van der Waals surface area contributed by atoms with Crippen LogP contribution in [0.3, 0.4) is 0 Å². The molecule has 0 saturated heterocycles. The summed E-state index contributed by atoms with van der Waals surface area (Å²) in [5.41, 5.74) is 6.99. The molecule has 0 aliphatic rings. The van der Waals surface area contributed by atoms with Gasteiger partial charge in [-0.25, -0.2) is 4.98 Å². The first-order valence-electron chi connectivity index (χ1n) is 6.66. The monoisotopic (exact) mass is 295 g/mol. The molecular weight excluding hydrogens is 274 g/mol. The molecule has 0 spiro atoms. The predicted octanol–water partition coefficient (Wildman–Crippen LogP) is 3.29. The highest BCUT2D eigenvalue weighted by atomic mass is 32.1. The number of aryl methyl sites for hydroxylation is 1. The van der Waals surface area contributed by atoms with E-state index in [0.29, 0.717) is 6.54 Å². The Balaban J connectivity index is 1.99. The lowest BCUT2D eigenvalue weighted by atomic mass is 10.2. The van der Waals surface area contributed by atoms with E-state index in [4.69, 9.17) is 10.7 Å². The summed E-state index contributed by atoms with van der Waals surface area (Å²) >= 11 is 3.56. The first-order chi connectivity index (χ1) is 9.24. The minimum absolute atomic E-state index is 0.603. The molecule has 2 N–H and O–H groups in total. The van der Waals surface area contributed by atoms with Crippen molar-refractivity contribution in [3.05, 3.63) is 33.0 Å². The molecule has 0 aliphatic heterocycles. The molecule has 0 amide bonds. The Morgan fingerprint density at radius 1 is 1.37 bits per heavy atom. The number of nitrogens with two attached hydrogens (primary N) is 1. The molecule has 19 heavy (non-hydrogen) atoms. The van der Waals surface area contributed by atoms with Crippen molar-refractivity contribution in [2.45, 2.75) is 32.7 Å². The van der Waals surface area contributed by atoms with E-state index < -0.39 is 0 Å². The quantitative estimate of drug-likeness (QED) is 0.852. The van der Waals surface area contributed by atoms with Crippen molar-refractivity contribution in [3.8, 4) is 0 Å². The lowest BCUT2D eigenvalue weighted by molar-refractivity contribution is 0.847. The zero-order valence-electron chi connectivity index (χ0n) is 11.6. The largest absolute Gasteiger partial charge is 0.351 e. The minimum Gasteiger partial charge on any atom is -0.351 e. The number of likely N-dealkylation sites (N-methyl/N-ethyl adjacent to an activating group) is 1. The Kier molecular flexibility index (Phi) is 5.36. The van der Waals surface area contributed by atoms with E-state index in [1.807, 2.05) is 11.3 Å². The third kappa shape index (κ3) is 3.78. The van der Waals surface area contributed by atoms with Crippen LogP contribution in [-0.2, 0) is 19.4 Å². The van der Waals surface area contributed by atoms with Crippen LogP contribution in [0.5, 0.6) is 0 Å². The molecule has 2 aromatic heterocycles. The Labute approximate surface area is 123 Å². The van der Waals surface area contributed by atoms with E-state index in [-0.39, 0.29) is 0 Å². The number of thiophene rings is 1. The molecule has 0 fully saturated rings. The van der Waals surface area contributed by atoms with E-state index >= 15 is 0 Å². The Hall–Kier alpha value is -0.910. The molecular formula is C14H21N3S2. The second-order valence-corrected chi connectivity index (χ2v) is 6.67. The van der Waals surface area contributed by atoms with Gasteiger partial charge in [0.15, 0.2) is 5.13 Å². The van der Waals surface area contributed by atoms with Gasteiger partial charge in [0.1, 0.15) is 0 Å². The fourth-order valence-corrected chi connectivity index (χ4v) is 3.62. The van der Waals surface area contributed by atoms with Crippen LogP contribution in [-0.4, -0.2) is 18.6 Å². The summed E-state index contributed by atoms with van der Waals surface area (Å²) in [5, 5.41) is 3.23. The third-order valence-corrected chi connectivity index (χ3v) is 5.21. The van der Waals surface area contributed by atoms with Crippen molar-refractivity contribution >= 4 is 27.8 Å². The molecule has 2 aromatic rings. The summed E-state index contributed by atoms with van der Waals surface area (Å²) in [7, 11) is 2.11. The fraction of sp³-hybridized carbons (Fsp3) is 0.500. The normalized spacial score (nSPS) is 10.9. The number of aromatic nitrogens is 1. The molecule has 0 aliphatic carbocycles. The average molecular weight is 295 g/mol. The molecule has 104 valence electrons. The maximum Gasteiger partial charge on any atom is 0.185 e. The lowest BCUT2D eigenvalue weighted by Crippen LogP contribution is -2.19. The van der Waals surface area contributed by atoms with Gasteiger partial charge in [-0.3, -0.25) is 0 Å². The molecule has 3 nitrogen and oxygen atoms in total. The summed E-state index contributed by atoms with van der Waals surface area (Å²) in [6.07, 6.45) is 3.23. The molecule has 0 radical (unpaired) electrons. The van der Waals surface area contributed by atoms with Gasteiger partial charge in [-0.15, -0.1) is 22.7 Å². The minimum atomic E-state index is 0.603. The summed E-state index contributed by atoms with van der Waals surface area (Å²) in [5.74, 6) is 0. The third-order valence-electron chi connectivity index (χ3n) is 3.04. The highest BCUT2D eigenvalue weighted by Gasteiger charge is 2.12. The Morgan fingerprint density at radius 2 is 2.21 bits per heavy atom. The number of hydrogen-bond acceptors (Lipinski definition) is 5. The number of thiazole rings is 1. The topological polar surface area (TPSA) is 42.2 Å². The van der Waals surface area contributed by atoms with Crippen molar-refractivity contribution in [2.75, 3.05) is 18.5 Å². The van der Waals surface area contributed by atoms with Gasteiger partial charge in [0.25, 0.3) is 0 Å². The summed E-state index contributed by atoms with van der Waals surface area (Å²) in [4.78, 5) is 9.64. The number of nitrogens with zero attached hydrogens (tertiary/aromatic N) is 2. The van der Waals surface area contributed by atoms with Gasteiger partial charge in [-0.05, 0) is 24.3 Å². The summed E-state index contributed by atoms with van der Waals surface area (Å²) in [6.45, 7) is 3.79. The maximum atomic E-state index is 5.80. The highest BCUT2D eigenvalue weighted by molar-refractivity contribution is 7.15. The van der Waals surface area contributed by atoms with Crippen LogP contribution in [0.25, 0.3) is 0 Å². The van der Waals surface area contributed by atoms with E-state index in [1.54, 1.807) is 11.3 Å². The number of rotatable bonds is 7. The van der Waals surface area contributed by atoms with E-state index in [0.717, 1.165) is 30.9 Å². The summed E-state index contributed by atoms with van der Waals surface area (Å²) < 4.78 is 0. The highest BCUT2D eigenvalue weighted by Crippen LogP contribution is 2.26. The van der Waals surface area contributed by atoms with Crippen molar-refractivity contribution in [3.63, 3.8) is 0 Å². The van der Waals surface area contributed by atoms with Gasteiger partial charge in [0.05, 0.1) is 5.69 Å². The SMILES string of the molecule is CCCc1nc(N(C)CCc2cccs2)sc1CN. The second kappa shape index (κ2) is 7.03. The van der Waals surface area contributed by atoms with Crippen LogP contribution < -0.4 is 10.6 Å². The first kappa shape index (κ1) is 14.5. The van der Waals surface area contributed by atoms with Crippen LogP contribution in [0, 0.1) is 0 Å². The second-order valence-electron chi connectivity index (χ2n) is 4.57. The van der Waals surface area contributed by atoms with Gasteiger partial charge in [-0.1, -0.05) is 19.4 Å². The Bertz CT molecular complexity index is 491. The molecule has 0 saturated carbocycles. The Morgan fingerprint density at radius 3 is 2.84 bits per heavy atom. The van der Waals surface area contributed by atoms with E-state index in [1.165, 1.54) is 15.4 Å². The van der Waals surface area contributed by atoms with Crippen LogP contribution >= 0.6 is 22.7 Å². The van der Waals surface area contributed by atoms with Crippen LogP contribution in [0.2, 0.25) is 0 Å².